The van der Waals surface area contributed by atoms with E-state index < -0.39 is 17.9 Å². The topological polar surface area (TPSA) is 109 Å². The lowest BCUT2D eigenvalue weighted by Gasteiger charge is -2.26. The van der Waals surface area contributed by atoms with Crippen LogP contribution in [-0.2, 0) is 0 Å². The zero-order valence-electron chi connectivity index (χ0n) is 15.4. The molecule has 0 fully saturated rings. The van der Waals surface area contributed by atoms with E-state index in [-0.39, 0.29) is 12.3 Å². The van der Waals surface area contributed by atoms with Crippen LogP contribution in [0.15, 0.2) is 72.1 Å². The van der Waals surface area contributed by atoms with Crippen LogP contribution in [0.2, 0.25) is 0 Å². The fourth-order valence-electron chi connectivity index (χ4n) is 2.67. The molecule has 0 spiro atoms. The Morgan fingerprint density at radius 2 is 1.73 bits per heavy atom. The number of urea groups is 1. The fraction of sp³-hybridized carbons (Fsp3) is 0.0500. The van der Waals surface area contributed by atoms with Crippen LogP contribution >= 0.6 is 0 Å². The number of halogens is 1. The van der Waals surface area contributed by atoms with Gasteiger partial charge >= 0.3 is 12.1 Å². The van der Waals surface area contributed by atoms with Crippen LogP contribution in [0.3, 0.4) is 0 Å². The molecule has 2 heterocycles. The lowest BCUT2D eigenvalue weighted by atomic mass is 10.1. The average molecular weight is 406 g/mol. The van der Waals surface area contributed by atoms with Crippen molar-refractivity contribution in [1.29, 1.82) is 0 Å². The monoisotopic (exact) mass is 406 g/mol. The van der Waals surface area contributed by atoms with Gasteiger partial charge in [0, 0.05) is 5.56 Å². The van der Waals surface area contributed by atoms with Gasteiger partial charge in [-0.1, -0.05) is 42.5 Å². The minimum Gasteiger partial charge on any atom is -0.406 e. The number of amides is 3. The van der Waals surface area contributed by atoms with Gasteiger partial charge in [0.15, 0.2) is 11.6 Å². The summed E-state index contributed by atoms with van der Waals surface area (Å²) >= 11 is 0. The maximum atomic E-state index is 13.1. The Hall–Kier alpha value is -4.34. The van der Waals surface area contributed by atoms with Crippen LogP contribution in [0.4, 0.5) is 14.0 Å². The van der Waals surface area contributed by atoms with Gasteiger partial charge in [-0.05, 0) is 17.7 Å². The van der Waals surface area contributed by atoms with Crippen molar-refractivity contribution in [3.8, 4) is 17.1 Å². The van der Waals surface area contributed by atoms with E-state index in [9.17, 15) is 14.0 Å². The first-order valence-electron chi connectivity index (χ1n) is 8.84. The number of ether oxygens (including phenoxy) is 1. The molecule has 0 aliphatic carbocycles. The number of carbonyl (C=O) groups excluding carboxylic acids is 2. The normalized spacial score (nSPS) is 13.3. The molecule has 9 nitrogen and oxygen atoms in total. The molecule has 4 rings (SSSR count). The molecule has 2 N–H and O–H groups in total. The van der Waals surface area contributed by atoms with E-state index in [4.69, 9.17) is 4.74 Å². The van der Waals surface area contributed by atoms with Crippen LogP contribution < -0.4 is 15.6 Å². The second kappa shape index (κ2) is 8.35. The number of benzene rings is 2. The number of rotatable bonds is 4. The van der Waals surface area contributed by atoms with Gasteiger partial charge in [-0.25, -0.2) is 39.8 Å². The molecule has 0 saturated carbocycles. The highest BCUT2D eigenvalue weighted by Crippen LogP contribution is 2.16. The number of hydrazone groups is 1. The third-order valence-corrected chi connectivity index (χ3v) is 4.11. The second-order valence-electron chi connectivity index (χ2n) is 6.18. The molecule has 0 unspecified atom stereocenters. The Morgan fingerprint density at radius 1 is 1.03 bits per heavy atom. The van der Waals surface area contributed by atoms with Gasteiger partial charge in [0.05, 0.1) is 24.7 Å². The first kappa shape index (κ1) is 19.0. The minimum absolute atomic E-state index is 0.0317. The van der Waals surface area contributed by atoms with Crippen molar-refractivity contribution in [1.82, 2.24) is 25.8 Å². The number of aromatic nitrogens is 2. The number of nitrogens with one attached hydrogen (secondary N) is 2. The molecule has 0 bridgehead atoms. The van der Waals surface area contributed by atoms with E-state index >= 15 is 0 Å². The summed E-state index contributed by atoms with van der Waals surface area (Å²) in [4.78, 5) is 32.5. The molecule has 3 aromatic rings. The molecule has 3 amide bonds. The number of hydrogen-bond donors (Lipinski definition) is 2. The Kier molecular flexibility index (Phi) is 5.29. The van der Waals surface area contributed by atoms with Crippen LogP contribution in [0, 0.1) is 5.82 Å². The molecular weight excluding hydrogens is 391 g/mol. The van der Waals surface area contributed by atoms with Gasteiger partial charge in [-0.2, -0.15) is 5.10 Å². The van der Waals surface area contributed by atoms with Crippen molar-refractivity contribution < 1.29 is 18.7 Å². The second-order valence-corrected chi connectivity index (χ2v) is 6.18. The fourth-order valence-corrected chi connectivity index (χ4v) is 2.67. The van der Waals surface area contributed by atoms with Crippen molar-refractivity contribution in [3.05, 3.63) is 78.4 Å². The Bertz CT molecular complexity index is 1090. The Labute approximate surface area is 170 Å². The highest BCUT2D eigenvalue weighted by molar-refractivity contribution is 6.05. The SMILES string of the molecule is O=C(NN1CC(c2ccc(F)cc2)=NNC1=O)Oc1cnc(-c2ccccc2)nc1. The molecule has 0 saturated heterocycles. The summed E-state index contributed by atoms with van der Waals surface area (Å²) in [5, 5.41) is 4.92. The highest BCUT2D eigenvalue weighted by Gasteiger charge is 2.24. The summed E-state index contributed by atoms with van der Waals surface area (Å²) in [6.07, 6.45) is 1.81. The third-order valence-electron chi connectivity index (χ3n) is 4.11. The van der Waals surface area contributed by atoms with Crippen LogP contribution in [0.5, 0.6) is 5.75 Å². The molecule has 30 heavy (non-hydrogen) atoms. The van der Waals surface area contributed by atoms with E-state index in [1.54, 1.807) is 0 Å². The standard InChI is InChI=1S/C20H15FN6O3/c21-15-8-6-13(7-9-15)17-12-27(19(28)25-24-17)26-20(29)30-16-10-22-18(23-11-16)14-4-2-1-3-5-14/h1-11H,12H2,(H,25,28)(H,26,29). The summed E-state index contributed by atoms with van der Waals surface area (Å²) in [6, 6.07) is 14.3. The van der Waals surface area contributed by atoms with Gasteiger partial charge in [0.1, 0.15) is 5.82 Å². The minimum atomic E-state index is -0.901. The maximum Gasteiger partial charge on any atom is 0.431 e. The van der Waals surface area contributed by atoms with Crippen molar-refractivity contribution in [3.63, 3.8) is 0 Å². The van der Waals surface area contributed by atoms with Gasteiger partial charge in [-0.3, -0.25) is 0 Å². The molecule has 1 aliphatic heterocycles. The lowest BCUT2D eigenvalue weighted by molar-refractivity contribution is 0.151. The van der Waals surface area contributed by atoms with Crippen molar-refractivity contribution in [2.75, 3.05) is 6.54 Å². The number of hydrogen-bond acceptors (Lipinski definition) is 6. The number of carbonyl (C=O) groups is 2. The van der Waals surface area contributed by atoms with Gasteiger partial charge in [-0.15, -0.1) is 0 Å². The molecule has 0 atom stereocenters. The number of nitrogens with zero attached hydrogens (tertiary/aromatic N) is 4. The molecule has 1 aliphatic rings. The summed E-state index contributed by atoms with van der Waals surface area (Å²) in [5.41, 5.74) is 6.46. The molecule has 1 aromatic heterocycles. The van der Waals surface area contributed by atoms with E-state index in [0.29, 0.717) is 17.1 Å². The summed E-state index contributed by atoms with van der Waals surface area (Å²) in [7, 11) is 0. The van der Waals surface area contributed by atoms with Gasteiger partial charge in [0.25, 0.3) is 0 Å². The quantitative estimate of drug-likeness (QED) is 0.693. The van der Waals surface area contributed by atoms with Gasteiger partial charge < -0.3 is 4.74 Å². The largest absolute Gasteiger partial charge is 0.431 e. The lowest BCUT2D eigenvalue weighted by Crippen LogP contribution is -2.55. The molecule has 0 radical (unpaired) electrons. The first-order chi connectivity index (χ1) is 14.6. The summed E-state index contributed by atoms with van der Waals surface area (Å²) in [6.45, 7) is -0.0317. The van der Waals surface area contributed by atoms with E-state index in [2.05, 4.69) is 25.9 Å². The molecule has 2 aromatic carbocycles. The molecule has 150 valence electrons. The van der Waals surface area contributed by atoms with Crippen molar-refractivity contribution in [2.24, 2.45) is 5.10 Å². The predicted molar refractivity (Wildman–Crippen MR) is 105 cm³/mol. The highest BCUT2D eigenvalue weighted by atomic mass is 19.1. The average Bonchev–Trinajstić information content (AvgIpc) is 2.77. The van der Waals surface area contributed by atoms with Gasteiger partial charge in [0.2, 0.25) is 0 Å². The Morgan fingerprint density at radius 3 is 2.43 bits per heavy atom. The van der Waals surface area contributed by atoms with E-state index in [0.717, 1.165) is 10.6 Å². The zero-order chi connectivity index (χ0) is 20.9. The number of hydrazine groups is 1. The zero-order valence-corrected chi connectivity index (χ0v) is 15.4. The van der Waals surface area contributed by atoms with Crippen molar-refractivity contribution in [2.45, 2.75) is 0 Å². The summed E-state index contributed by atoms with van der Waals surface area (Å²) < 4.78 is 18.2. The van der Waals surface area contributed by atoms with Crippen LogP contribution in [0.25, 0.3) is 11.4 Å². The molecular formula is C20H15FN6O3. The van der Waals surface area contributed by atoms with Crippen LogP contribution in [-0.4, -0.2) is 39.4 Å². The summed E-state index contributed by atoms with van der Waals surface area (Å²) in [5.74, 6) is 0.203. The van der Waals surface area contributed by atoms with E-state index in [1.807, 2.05) is 30.3 Å². The smallest absolute Gasteiger partial charge is 0.406 e. The molecule has 10 heteroatoms. The van der Waals surface area contributed by atoms with E-state index in [1.165, 1.54) is 36.7 Å². The predicted octanol–water partition coefficient (Wildman–Crippen LogP) is 2.72. The third kappa shape index (κ3) is 4.38. The van der Waals surface area contributed by atoms with Crippen molar-refractivity contribution >= 4 is 17.8 Å². The first-order valence-corrected chi connectivity index (χ1v) is 8.84. The van der Waals surface area contributed by atoms with Crippen LogP contribution in [0.1, 0.15) is 5.56 Å². The maximum absolute atomic E-state index is 13.1. The Balaban J connectivity index is 1.38.